The first-order valence-electron chi connectivity index (χ1n) is 8.71. The number of carbonyl (C=O) groups is 1. The molecular weight excluding hydrogens is 298 g/mol. The van der Waals surface area contributed by atoms with Gasteiger partial charge in [-0.15, -0.1) is 0 Å². The first-order chi connectivity index (χ1) is 11.6. The molecule has 24 heavy (non-hydrogen) atoms. The Kier molecular flexibility index (Phi) is 5.14. The van der Waals surface area contributed by atoms with Crippen LogP contribution in [0, 0.1) is 6.92 Å². The van der Waals surface area contributed by atoms with Crippen molar-refractivity contribution in [2.75, 3.05) is 17.3 Å². The van der Waals surface area contributed by atoms with Crippen molar-refractivity contribution in [3.63, 3.8) is 0 Å². The van der Waals surface area contributed by atoms with Crippen LogP contribution in [0.2, 0.25) is 0 Å². The van der Waals surface area contributed by atoms with Crippen LogP contribution in [-0.4, -0.2) is 24.0 Å². The average Bonchev–Trinajstić information content (AvgIpc) is 2.63. The molecule has 2 aromatic rings. The largest absolute Gasteiger partial charge is 0.357 e. The summed E-state index contributed by atoms with van der Waals surface area (Å²) in [5, 5.41) is 2.92. The number of carbonyl (C=O) groups excluding carboxylic acids is 1. The van der Waals surface area contributed by atoms with E-state index >= 15 is 0 Å². The Morgan fingerprint density at radius 2 is 1.88 bits per heavy atom. The summed E-state index contributed by atoms with van der Waals surface area (Å²) < 4.78 is 0. The zero-order valence-electron chi connectivity index (χ0n) is 14.5. The summed E-state index contributed by atoms with van der Waals surface area (Å²) in [5.41, 5.74) is 2.39. The van der Waals surface area contributed by atoms with Crippen LogP contribution in [0.3, 0.4) is 0 Å². The van der Waals surface area contributed by atoms with Gasteiger partial charge in [0.15, 0.2) is 0 Å². The Balaban J connectivity index is 1.66. The maximum absolute atomic E-state index is 12.4. The molecule has 1 heterocycles. The number of anilines is 2. The summed E-state index contributed by atoms with van der Waals surface area (Å²) in [6.45, 7) is 1.94. The Hall–Kier alpha value is -2.36. The average molecular weight is 323 g/mol. The second-order valence-corrected chi connectivity index (χ2v) is 6.58. The summed E-state index contributed by atoms with van der Waals surface area (Å²) >= 11 is 0. The molecule has 3 rings (SSSR count). The molecule has 0 spiro atoms. The first kappa shape index (κ1) is 16.5. The lowest BCUT2D eigenvalue weighted by Gasteiger charge is -2.32. The smallest absolute Gasteiger partial charge is 0.255 e. The van der Waals surface area contributed by atoms with E-state index in [0.29, 0.717) is 11.6 Å². The Bertz CT molecular complexity index is 690. The molecule has 4 nitrogen and oxygen atoms in total. The van der Waals surface area contributed by atoms with E-state index in [0.717, 1.165) is 17.1 Å². The van der Waals surface area contributed by atoms with Gasteiger partial charge < -0.3 is 10.2 Å². The molecule has 0 unspecified atom stereocenters. The third-order valence-corrected chi connectivity index (χ3v) is 4.88. The lowest BCUT2D eigenvalue weighted by Crippen LogP contribution is -2.33. The van der Waals surface area contributed by atoms with Crippen molar-refractivity contribution in [1.82, 2.24) is 4.98 Å². The topological polar surface area (TPSA) is 45.2 Å². The van der Waals surface area contributed by atoms with Gasteiger partial charge in [0.25, 0.3) is 5.91 Å². The van der Waals surface area contributed by atoms with Crippen molar-refractivity contribution in [3.8, 4) is 0 Å². The molecule has 0 radical (unpaired) electrons. The second-order valence-electron chi connectivity index (χ2n) is 6.58. The van der Waals surface area contributed by atoms with E-state index < -0.39 is 0 Å². The van der Waals surface area contributed by atoms with E-state index in [1.807, 2.05) is 43.3 Å². The predicted octanol–water partition coefficient (Wildman–Crippen LogP) is 4.41. The summed E-state index contributed by atoms with van der Waals surface area (Å²) in [6.07, 6.45) is 8.18. The molecule has 1 saturated carbocycles. The van der Waals surface area contributed by atoms with Gasteiger partial charge in [0.05, 0.1) is 11.9 Å². The quantitative estimate of drug-likeness (QED) is 0.906. The van der Waals surface area contributed by atoms with Crippen LogP contribution in [0.15, 0.2) is 42.6 Å². The normalized spacial score (nSPS) is 15.1. The van der Waals surface area contributed by atoms with Crippen molar-refractivity contribution in [1.29, 1.82) is 0 Å². The van der Waals surface area contributed by atoms with Crippen molar-refractivity contribution in [3.05, 3.63) is 53.7 Å². The molecule has 1 aromatic heterocycles. The van der Waals surface area contributed by atoms with Gasteiger partial charge in [0.1, 0.15) is 5.82 Å². The monoisotopic (exact) mass is 323 g/mol. The van der Waals surface area contributed by atoms with Gasteiger partial charge in [-0.1, -0.05) is 37.5 Å². The number of aryl methyl sites for hydroxylation is 1. The van der Waals surface area contributed by atoms with Crippen LogP contribution < -0.4 is 10.2 Å². The van der Waals surface area contributed by atoms with Gasteiger partial charge in [-0.2, -0.15) is 0 Å². The van der Waals surface area contributed by atoms with E-state index in [4.69, 9.17) is 0 Å². The van der Waals surface area contributed by atoms with Gasteiger partial charge >= 0.3 is 0 Å². The van der Waals surface area contributed by atoms with Crippen molar-refractivity contribution >= 4 is 17.4 Å². The number of amides is 1. The summed E-state index contributed by atoms with van der Waals surface area (Å²) in [7, 11) is 2.11. The number of pyridine rings is 1. The van der Waals surface area contributed by atoms with Crippen LogP contribution >= 0.6 is 0 Å². The van der Waals surface area contributed by atoms with Gasteiger partial charge in [-0.05, 0) is 43.5 Å². The highest BCUT2D eigenvalue weighted by Crippen LogP contribution is 2.25. The minimum Gasteiger partial charge on any atom is -0.357 e. The van der Waals surface area contributed by atoms with Crippen LogP contribution in [0.5, 0.6) is 0 Å². The molecule has 0 bridgehead atoms. The summed E-state index contributed by atoms with van der Waals surface area (Å²) in [6, 6.07) is 12.1. The van der Waals surface area contributed by atoms with Crippen molar-refractivity contribution < 1.29 is 4.79 Å². The highest BCUT2D eigenvalue weighted by molar-refractivity contribution is 6.05. The maximum Gasteiger partial charge on any atom is 0.255 e. The first-order valence-corrected chi connectivity index (χ1v) is 8.71. The molecule has 0 atom stereocenters. The fourth-order valence-electron chi connectivity index (χ4n) is 3.35. The van der Waals surface area contributed by atoms with Gasteiger partial charge in [0.2, 0.25) is 0 Å². The van der Waals surface area contributed by atoms with Crippen LogP contribution in [0.25, 0.3) is 0 Å². The Morgan fingerprint density at radius 1 is 1.12 bits per heavy atom. The molecule has 1 amide bonds. The molecule has 4 heteroatoms. The molecule has 1 aromatic carbocycles. The van der Waals surface area contributed by atoms with Crippen LogP contribution in [-0.2, 0) is 0 Å². The molecule has 1 fully saturated rings. The Morgan fingerprint density at radius 3 is 2.54 bits per heavy atom. The molecule has 126 valence electrons. The molecule has 0 aliphatic heterocycles. The summed E-state index contributed by atoms with van der Waals surface area (Å²) in [5.74, 6) is 0.874. The molecule has 1 aliphatic rings. The SMILES string of the molecule is Cc1ccccc1C(=O)Nc1ccc(N(C)C2CCCCC2)nc1. The van der Waals surface area contributed by atoms with Gasteiger partial charge in [-0.3, -0.25) is 4.79 Å². The fraction of sp³-hybridized carbons (Fsp3) is 0.400. The van der Waals surface area contributed by atoms with E-state index in [1.165, 1.54) is 32.1 Å². The molecule has 1 N–H and O–H groups in total. The highest BCUT2D eigenvalue weighted by Gasteiger charge is 2.19. The summed E-state index contributed by atoms with van der Waals surface area (Å²) in [4.78, 5) is 19.2. The van der Waals surface area contributed by atoms with E-state index in [1.54, 1.807) is 6.20 Å². The minimum atomic E-state index is -0.0942. The van der Waals surface area contributed by atoms with Crippen molar-refractivity contribution in [2.45, 2.75) is 45.1 Å². The second kappa shape index (κ2) is 7.47. The fourth-order valence-corrected chi connectivity index (χ4v) is 3.35. The number of hydrogen-bond donors (Lipinski definition) is 1. The predicted molar refractivity (Wildman–Crippen MR) is 98.6 cm³/mol. The van der Waals surface area contributed by atoms with Gasteiger partial charge in [-0.25, -0.2) is 4.98 Å². The number of aromatic nitrogens is 1. The number of nitrogens with one attached hydrogen (secondary N) is 1. The van der Waals surface area contributed by atoms with Crippen LogP contribution in [0.4, 0.5) is 11.5 Å². The minimum absolute atomic E-state index is 0.0942. The lowest BCUT2D eigenvalue weighted by molar-refractivity contribution is 0.102. The zero-order valence-corrected chi connectivity index (χ0v) is 14.5. The van der Waals surface area contributed by atoms with E-state index in [9.17, 15) is 4.79 Å². The molecule has 0 saturated heterocycles. The highest BCUT2D eigenvalue weighted by atomic mass is 16.1. The van der Waals surface area contributed by atoms with Crippen LogP contribution in [0.1, 0.15) is 48.0 Å². The van der Waals surface area contributed by atoms with E-state index in [2.05, 4.69) is 22.2 Å². The van der Waals surface area contributed by atoms with Crippen molar-refractivity contribution in [2.24, 2.45) is 0 Å². The number of hydrogen-bond acceptors (Lipinski definition) is 3. The standard InChI is InChI=1S/C20H25N3O/c1-15-8-6-7-11-18(15)20(24)22-16-12-13-19(21-14-16)23(2)17-9-4-3-5-10-17/h6-8,11-14,17H,3-5,9-10H2,1-2H3,(H,22,24). The maximum atomic E-state index is 12.4. The third-order valence-electron chi connectivity index (χ3n) is 4.88. The van der Waals surface area contributed by atoms with E-state index in [-0.39, 0.29) is 5.91 Å². The number of benzene rings is 1. The molecular formula is C20H25N3O. The lowest BCUT2D eigenvalue weighted by atomic mass is 9.94. The van der Waals surface area contributed by atoms with Gasteiger partial charge in [0, 0.05) is 18.7 Å². The molecule has 1 aliphatic carbocycles. The zero-order chi connectivity index (χ0) is 16.9. The number of nitrogens with zero attached hydrogens (tertiary/aromatic N) is 2. The third kappa shape index (κ3) is 3.75. The Labute approximate surface area is 143 Å². The number of rotatable bonds is 4.